The molecule has 1 rings (SSSR count). The van der Waals surface area contributed by atoms with Crippen molar-refractivity contribution in [3.05, 3.63) is 71.8 Å². The molecule has 0 aliphatic rings. The molecule has 0 heterocycles. The maximum absolute atomic E-state index is 12.2. The molecule has 0 unspecified atom stereocenters. The van der Waals surface area contributed by atoms with E-state index in [2.05, 4.69) is 66.7 Å². The van der Waals surface area contributed by atoms with E-state index in [9.17, 15) is 4.79 Å². The summed E-state index contributed by atoms with van der Waals surface area (Å²) in [7, 11) is -2.04. The minimum absolute atomic E-state index is 0.0223. The van der Waals surface area contributed by atoms with Crippen LogP contribution in [0.4, 0.5) is 0 Å². The van der Waals surface area contributed by atoms with E-state index in [0.29, 0.717) is 28.1 Å². The number of benzene rings is 1. The average Bonchev–Trinajstić information content (AvgIpc) is 2.81. The lowest BCUT2D eigenvalue weighted by molar-refractivity contribution is 0.0549. The fourth-order valence-corrected chi connectivity index (χ4v) is 10.5. The molecule has 0 aliphatic carbocycles. The van der Waals surface area contributed by atoms with Crippen LogP contribution in [0.2, 0.25) is 16.6 Å². The highest BCUT2D eigenvalue weighted by Gasteiger charge is 2.46. The van der Waals surface area contributed by atoms with Gasteiger partial charge in [0.2, 0.25) is 8.32 Å². The van der Waals surface area contributed by atoms with Gasteiger partial charge in [-0.1, -0.05) is 96.5 Å². The Morgan fingerprint density at radius 2 is 1.54 bits per heavy atom. The van der Waals surface area contributed by atoms with Crippen LogP contribution < -0.4 is 0 Å². The maximum Gasteiger partial charge on any atom is 0.338 e. The molecule has 2 atom stereocenters. The van der Waals surface area contributed by atoms with Crippen molar-refractivity contribution in [2.45, 2.75) is 91.0 Å². The van der Waals surface area contributed by atoms with Gasteiger partial charge >= 0.3 is 5.97 Å². The minimum atomic E-state index is -2.04. The fourth-order valence-electron chi connectivity index (χ4n) is 4.91. The molecule has 0 aliphatic heterocycles. The Kier molecular flexibility index (Phi) is 14.1. The third kappa shape index (κ3) is 10.3. The van der Waals surface area contributed by atoms with Crippen LogP contribution in [0, 0.1) is 5.92 Å². The molecule has 0 saturated carbocycles. The van der Waals surface area contributed by atoms with Gasteiger partial charge in [-0.25, -0.2) is 4.79 Å². The Morgan fingerprint density at radius 1 is 0.943 bits per heavy atom. The van der Waals surface area contributed by atoms with Crippen molar-refractivity contribution >= 4 is 14.3 Å². The number of carbonyl (C=O) groups excluding carboxylic acids is 1. The molecule has 35 heavy (non-hydrogen) atoms. The largest absolute Gasteiger partial charge is 0.458 e. The second kappa shape index (κ2) is 15.9. The summed E-state index contributed by atoms with van der Waals surface area (Å²) < 4.78 is 12.5. The van der Waals surface area contributed by atoms with E-state index in [1.165, 1.54) is 0 Å². The van der Waals surface area contributed by atoms with Crippen LogP contribution in [0.5, 0.6) is 0 Å². The summed E-state index contributed by atoms with van der Waals surface area (Å²) in [5.74, 6) is 0.0650. The fraction of sp³-hybridized carbons (Fsp3) is 0.567. The molecule has 196 valence electrons. The molecule has 0 bridgehead atoms. The molecule has 1 N–H and O–H groups in total. The zero-order chi connectivity index (χ0) is 26.4. The third-order valence-electron chi connectivity index (χ3n) is 6.74. The van der Waals surface area contributed by atoms with Crippen LogP contribution in [0.1, 0.15) is 78.6 Å². The van der Waals surface area contributed by atoms with E-state index >= 15 is 0 Å². The first-order valence-electron chi connectivity index (χ1n) is 13.1. The van der Waals surface area contributed by atoms with Crippen molar-refractivity contribution in [2.75, 3.05) is 13.2 Å². The number of hydrogen-bond acceptors (Lipinski definition) is 4. The number of esters is 1. The Morgan fingerprint density at radius 3 is 2.09 bits per heavy atom. The van der Waals surface area contributed by atoms with Crippen LogP contribution in [-0.2, 0) is 9.16 Å². The average molecular weight is 501 g/mol. The van der Waals surface area contributed by atoms with E-state index in [4.69, 9.17) is 14.3 Å². The standard InChI is InChI=1S/C30H48O4Si/c1-23(2)35(24(3)4,25(5)6)34-29(18-16-26(7)13-12-21-31)19-17-27(8)20-22-33-30(32)28-14-10-9-11-15-28/h9-15,17,19-20,23-26,29,31H,16,18,21-22H2,1-8H3/b13-12+,19-17+,27-20-/t26-,29+/m1/s1. The van der Waals surface area contributed by atoms with E-state index in [1.807, 2.05) is 37.3 Å². The van der Waals surface area contributed by atoms with E-state index < -0.39 is 8.32 Å². The van der Waals surface area contributed by atoms with Gasteiger partial charge < -0.3 is 14.3 Å². The van der Waals surface area contributed by atoms with Gasteiger partial charge in [0.05, 0.1) is 18.3 Å². The van der Waals surface area contributed by atoms with Gasteiger partial charge in [-0.2, -0.15) is 0 Å². The number of aliphatic hydroxyl groups is 1. The summed E-state index contributed by atoms with van der Waals surface area (Å²) >= 11 is 0. The van der Waals surface area contributed by atoms with Gasteiger partial charge in [-0.15, -0.1) is 0 Å². The zero-order valence-electron chi connectivity index (χ0n) is 23.2. The lowest BCUT2D eigenvalue weighted by Gasteiger charge is -2.44. The molecule has 0 saturated heterocycles. The van der Waals surface area contributed by atoms with Crippen LogP contribution in [0.15, 0.2) is 66.3 Å². The summed E-state index contributed by atoms with van der Waals surface area (Å²) in [6.07, 6.45) is 12.0. The first-order chi connectivity index (χ1) is 16.5. The first-order valence-corrected chi connectivity index (χ1v) is 15.2. The second-order valence-corrected chi connectivity index (χ2v) is 15.8. The molecule has 5 heteroatoms. The molecular formula is C30H48O4Si. The van der Waals surface area contributed by atoms with Crippen molar-refractivity contribution in [3.8, 4) is 0 Å². The number of aliphatic hydroxyl groups excluding tert-OH is 1. The summed E-state index contributed by atoms with van der Waals surface area (Å²) in [5.41, 5.74) is 3.14. The SMILES string of the molecule is CC(=C/COC(=O)c1ccccc1)/C=C/[C@H](CC[C@H](C)/C=C/CO)O[Si](C(C)C)(C(C)C)C(C)C. The van der Waals surface area contributed by atoms with Crippen LogP contribution in [-0.4, -0.2) is 38.7 Å². The number of hydrogen-bond donors (Lipinski definition) is 1. The lowest BCUT2D eigenvalue weighted by atomic mass is 10.0. The number of allylic oxidation sites excluding steroid dienone is 3. The van der Waals surface area contributed by atoms with E-state index in [1.54, 1.807) is 12.1 Å². The van der Waals surface area contributed by atoms with Crippen molar-refractivity contribution in [2.24, 2.45) is 5.92 Å². The first kappa shape index (κ1) is 31.1. The quantitative estimate of drug-likeness (QED) is 0.115. The molecule has 0 fully saturated rings. The second-order valence-electron chi connectivity index (χ2n) is 10.4. The number of ether oxygens (including phenoxy) is 1. The van der Waals surface area contributed by atoms with Crippen molar-refractivity contribution in [1.82, 2.24) is 0 Å². The Hall–Kier alpha value is -1.95. The molecule has 1 aromatic carbocycles. The Labute approximate surface area is 215 Å². The summed E-state index contributed by atoms with van der Waals surface area (Å²) in [6.45, 7) is 18.4. The van der Waals surface area contributed by atoms with Crippen LogP contribution in [0.25, 0.3) is 0 Å². The van der Waals surface area contributed by atoms with Gasteiger partial charge in [-0.05, 0) is 60.5 Å². The molecular weight excluding hydrogens is 452 g/mol. The Balaban J connectivity index is 2.97. The summed E-state index contributed by atoms with van der Waals surface area (Å²) in [6, 6.07) is 9.05. The van der Waals surface area contributed by atoms with Gasteiger partial charge in [0, 0.05) is 0 Å². The highest BCUT2D eigenvalue weighted by molar-refractivity contribution is 6.77. The zero-order valence-corrected chi connectivity index (χ0v) is 24.2. The highest BCUT2D eigenvalue weighted by Crippen LogP contribution is 2.43. The van der Waals surface area contributed by atoms with Crippen molar-refractivity contribution < 1.29 is 19.1 Å². The Bertz CT molecular complexity index is 802. The van der Waals surface area contributed by atoms with Gasteiger partial charge in [0.25, 0.3) is 0 Å². The maximum atomic E-state index is 12.2. The van der Waals surface area contributed by atoms with Gasteiger partial charge in [0.1, 0.15) is 6.61 Å². The summed E-state index contributed by atoms with van der Waals surface area (Å²) in [4.78, 5) is 12.2. The molecule has 0 aromatic heterocycles. The number of rotatable bonds is 15. The topological polar surface area (TPSA) is 55.8 Å². The molecule has 0 spiro atoms. The van der Waals surface area contributed by atoms with Gasteiger partial charge in [-0.3, -0.25) is 0 Å². The van der Waals surface area contributed by atoms with Crippen LogP contribution >= 0.6 is 0 Å². The highest BCUT2D eigenvalue weighted by atomic mass is 28.4. The molecule has 0 amide bonds. The van der Waals surface area contributed by atoms with Crippen molar-refractivity contribution in [3.63, 3.8) is 0 Å². The van der Waals surface area contributed by atoms with E-state index in [0.717, 1.165) is 18.4 Å². The normalized spacial score (nSPS) is 15.0. The lowest BCUT2D eigenvalue weighted by Crippen LogP contribution is -2.50. The minimum Gasteiger partial charge on any atom is -0.458 e. The predicted molar refractivity (Wildman–Crippen MR) is 150 cm³/mol. The van der Waals surface area contributed by atoms with Gasteiger partial charge in [0.15, 0.2) is 0 Å². The molecule has 0 radical (unpaired) electrons. The van der Waals surface area contributed by atoms with Crippen LogP contribution in [0.3, 0.4) is 0 Å². The van der Waals surface area contributed by atoms with E-state index in [-0.39, 0.29) is 25.3 Å². The van der Waals surface area contributed by atoms with Crippen molar-refractivity contribution in [1.29, 1.82) is 0 Å². The monoisotopic (exact) mass is 500 g/mol. The third-order valence-corrected chi connectivity index (χ3v) is 12.9. The predicted octanol–water partition coefficient (Wildman–Crippen LogP) is 7.87. The summed E-state index contributed by atoms with van der Waals surface area (Å²) in [5, 5.41) is 9.09. The molecule has 4 nitrogen and oxygen atoms in total. The molecule has 1 aromatic rings. The number of carbonyl (C=O) groups is 1. The smallest absolute Gasteiger partial charge is 0.338 e.